The smallest absolute Gasteiger partial charge is 0.138 e. The highest BCUT2D eigenvalue weighted by atomic mass is 35.5. The SMILES string of the molecule is COc1cc([S])ccc1Cl. The standard InChI is InChI=1S/C7H6ClOS/c1-9-7-4-5(10)2-3-6(7)8/h2-4H,1H3. The Hall–Kier alpha value is -0.470. The molecule has 1 aromatic rings. The second-order valence-electron chi connectivity index (χ2n) is 1.80. The molecule has 0 bridgehead atoms. The molecule has 1 nitrogen and oxygen atoms in total. The van der Waals surface area contributed by atoms with Gasteiger partial charge in [0, 0.05) is 4.90 Å². The highest BCUT2D eigenvalue weighted by Crippen LogP contribution is 2.25. The predicted molar refractivity (Wildman–Crippen MR) is 43.9 cm³/mol. The average molecular weight is 174 g/mol. The molecule has 0 fully saturated rings. The van der Waals surface area contributed by atoms with Gasteiger partial charge in [-0.1, -0.05) is 24.2 Å². The fraction of sp³-hybridized carbons (Fsp3) is 0.143. The van der Waals surface area contributed by atoms with E-state index in [9.17, 15) is 0 Å². The van der Waals surface area contributed by atoms with Crippen molar-refractivity contribution in [3.8, 4) is 5.75 Å². The molecule has 0 unspecified atom stereocenters. The van der Waals surface area contributed by atoms with Crippen LogP contribution in [0.25, 0.3) is 0 Å². The summed E-state index contributed by atoms with van der Waals surface area (Å²) in [5.74, 6) is 0.633. The summed E-state index contributed by atoms with van der Waals surface area (Å²) in [4.78, 5) is 0.737. The third kappa shape index (κ3) is 1.52. The zero-order valence-electron chi connectivity index (χ0n) is 5.43. The minimum absolute atomic E-state index is 0.594. The van der Waals surface area contributed by atoms with Gasteiger partial charge in [-0.15, -0.1) is 0 Å². The van der Waals surface area contributed by atoms with Crippen LogP contribution < -0.4 is 4.74 Å². The number of hydrogen-bond acceptors (Lipinski definition) is 1. The van der Waals surface area contributed by atoms with Crippen molar-refractivity contribution in [2.75, 3.05) is 7.11 Å². The van der Waals surface area contributed by atoms with Gasteiger partial charge in [0.15, 0.2) is 0 Å². The van der Waals surface area contributed by atoms with Gasteiger partial charge in [0.25, 0.3) is 0 Å². The van der Waals surface area contributed by atoms with Crippen LogP contribution in [0, 0.1) is 0 Å². The Labute approximate surface area is 70.4 Å². The first-order chi connectivity index (χ1) is 4.74. The number of halogens is 1. The number of ether oxygens (including phenoxy) is 1. The van der Waals surface area contributed by atoms with E-state index >= 15 is 0 Å². The first-order valence-corrected chi connectivity index (χ1v) is 3.53. The van der Waals surface area contributed by atoms with Crippen molar-refractivity contribution < 1.29 is 4.74 Å². The molecule has 3 heteroatoms. The van der Waals surface area contributed by atoms with Crippen LogP contribution in [0.4, 0.5) is 0 Å². The van der Waals surface area contributed by atoms with Crippen molar-refractivity contribution in [1.82, 2.24) is 0 Å². The van der Waals surface area contributed by atoms with E-state index in [0.29, 0.717) is 10.8 Å². The summed E-state index contributed by atoms with van der Waals surface area (Å²) in [6.45, 7) is 0. The van der Waals surface area contributed by atoms with Gasteiger partial charge in [0.1, 0.15) is 5.75 Å². The van der Waals surface area contributed by atoms with Crippen LogP contribution in [-0.2, 0) is 0 Å². The van der Waals surface area contributed by atoms with Crippen molar-refractivity contribution in [3.63, 3.8) is 0 Å². The summed E-state index contributed by atoms with van der Waals surface area (Å²) >= 11 is 10.6. The summed E-state index contributed by atoms with van der Waals surface area (Å²) in [5.41, 5.74) is 0. The van der Waals surface area contributed by atoms with Crippen molar-refractivity contribution in [1.29, 1.82) is 0 Å². The molecule has 1 aromatic carbocycles. The Morgan fingerprint density at radius 1 is 1.50 bits per heavy atom. The van der Waals surface area contributed by atoms with Crippen LogP contribution in [0.15, 0.2) is 23.1 Å². The maximum absolute atomic E-state index is 5.73. The number of benzene rings is 1. The van der Waals surface area contributed by atoms with E-state index in [1.807, 2.05) is 0 Å². The topological polar surface area (TPSA) is 9.23 Å². The van der Waals surface area contributed by atoms with Crippen molar-refractivity contribution in [2.45, 2.75) is 4.90 Å². The molecule has 1 radical (unpaired) electrons. The molecular weight excluding hydrogens is 168 g/mol. The maximum atomic E-state index is 5.73. The van der Waals surface area contributed by atoms with Gasteiger partial charge in [-0.25, -0.2) is 0 Å². The summed E-state index contributed by atoms with van der Waals surface area (Å²) in [6.07, 6.45) is 0. The molecule has 0 aliphatic carbocycles. The lowest BCUT2D eigenvalue weighted by atomic mass is 10.3. The number of rotatable bonds is 1. The van der Waals surface area contributed by atoms with Gasteiger partial charge in [0.2, 0.25) is 0 Å². The molecule has 1 rings (SSSR count). The minimum Gasteiger partial charge on any atom is -0.495 e. The zero-order valence-corrected chi connectivity index (χ0v) is 7.00. The fourth-order valence-electron chi connectivity index (χ4n) is 0.640. The molecule has 53 valence electrons. The summed E-state index contributed by atoms with van der Waals surface area (Å²) in [6, 6.07) is 5.21. The van der Waals surface area contributed by atoms with Crippen LogP contribution >= 0.6 is 24.2 Å². The quantitative estimate of drug-likeness (QED) is 0.635. The summed E-state index contributed by atoms with van der Waals surface area (Å²) in [5, 5.41) is 0.594. The normalized spacial score (nSPS) is 9.40. The number of hydrogen-bond donors (Lipinski definition) is 0. The molecule has 0 heterocycles. The molecule has 0 saturated carbocycles. The van der Waals surface area contributed by atoms with Crippen LogP contribution in [0.3, 0.4) is 0 Å². The van der Waals surface area contributed by atoms with Crippen molar-refractivity contribution >= 4 is 24.2 Å². The third-order valence-corrected chi connectivity index (χ3v) is 1.69. The van der Waals surface area contributed by atoms with Gasteiger partial charge in [-0.05, 0) is 18.2 Å². The highest BCUT2D eigenvalue weighted by Gasteiger charge is 1.98. The van der Waals surface area contributed by atoms with E-state index in [-0.39, 0.29) is 0 Å². The zero-order chi connectivity index (χ0) is 7.56. The molecule has 0 aliphatic heterocycles. The van der Waals surface area contributed by atoms with Gasteiger partial charge >= 0.3 is 0 Å². The molecule has 0 saturated heterocycles. The van der Waals surface area contributed by atoms with Crippen molar-refractivity contribution in [3.05, 3.63) is 23.2 Å². The predicted octanol–water partition coefficient (Wildman–Crippen LogP) is 2.91. The van der Waals surface area contributed by atoms with E-state index in [4.69, 9.17) is 29.0 Å². The Bertz CT molecular complexity index is 237. The fourth-order valence-corrected chi connectivity index (χ4v) is 1.01. The van der Waals surface area contributed by atoms with Crippen molar-refractivity contribution in [2.24, 2.45) is 0 Å². The molecule has 0 aliphatic rings. The van der Waals surface area contributed by atoms with Gasteiger partial charge in [0.05, 0.1) is 12.1 Å². The van der Waals surface area contributed by atoms with Crippen LogP contribution in [-0.4, -0.2) is 7.11 Å². The highest BCUT2D eigenvalue weighted by molar-refractivity contribution is 7.80. The van der Waals surface area contributed by atoms with Gasteiger partial charge in [-0.3, -0.25) is 0 Å². The van der Waals surface area contributed by atoms with E-state index < -0.39 is 0 Å². The first-order valence-electron chi connectivity index (χ1n) is 2.74. The molecule has 0 N–H and O–H groups in total. The lowest BCUT2D eigenvalue weighted by molar-refractivity contribution is 0.414. The third-order valence-electron chi connectivity index (χ3n) is 1.12. The first kappa shape index (κ1) is 7.63. The Morgan fingerprint density at radius 3 is 2.70 bits per heavy atom. The Morgan fingerprint density at radius 2 is 2.20 bits per heavy atom. The molecular formula is C7H6ClOS. The lowest BCUT2D eigenvalue weighted by Crippen LogP contribution is -1.82. The average Bonchev–Trinajstić information content (AvgIpc) is 1.94. The lowest BCUT2D eigenvalue weighted by Gasteiger charge is -2.01. The number of methoxy groups -OCH3 is 1. The monoisotopic (exact) mass is 173 g/mol. The molecule has 10 heavy (non-hydrogen) atoms. The van der Waals surface area contributed by atoms with Crippen LogP contribution in [0.5, 0.6) is 5.75 Å². The maximum Gasteiger partial charge on any atom is 0.138 e. The Balaban J connectivity index is 3.09. The van der Waals surface area contributed by atoms with Gasteiger partial charge in [-0.2, -0.15) is 0 Å². The molecule has 0 aromatic heterocycles. The Kier molecular flexibility index (Phi) is 2.35. The molecule has 0 atom stereocenters. The minimum atomic E-state index is 0.594. The second-order valence-corrected chi connectivity index (χ2v) is 2.67. The van der Waals surface area contributed by atoms with E-state index in [2.05, 4.69) is 0 Å². The van der Waals surface area contributed by atoms with E-state index in [0.717, 1.165) is 4.90 Å². The van der Waals surface area contributed by atoms with Crippen LogP contribution in [0.1, 0.15) is 0 Å². The largest absolute Gasteiger partial charge is 0.495 e. The van der Waals surface area contributed by atoms with Crippen LogP contribution in [0.2, 0.25) is 5.02 Å². The molecule has 0 spiro atoms. The summed E-state index contributed by atoms with van der Waals surface area (Å²) in [7, 11) is 1.57. The second kappa shape index (κ2) is 3.08. The summed E-state index contributed by atoms with van der Waals surface area (Å²) < 4.78 is 4.93. The van der Waals surface area contributed by atoms with Gasteiger partial charge < -0.3 is 4.74 Å². The van der Waals surface area contributed by atoms with E-state index in [1.54, 1.807) is 25.3 Å². The molecule has 0 amide bonds. The van der Waals surface area contributed by atoms with E-state index in [1.165, 1.54) is 0 Å².